The molecule has 0 amide bonds. The van der Waals surface area contributed by atoms with E-state index in [0.717, 1.165) is 25.3 Å². The summed E-state index contributed by atoms with van der Waals surface area (Å²) in [5.74, 6) is 0.588. The molecule has 0 radical (unpaired) electrons. The SMILES string of the molecule is CC(C)COCCOCCc1ccc(N)cc1. The van der Waals surface area contributed by atoms with Crippen molar-refractivity contribution < 1.29 is 9.47 Å². The highest BCUT2D eigenvalue weighted by molar-refractivity contribution is 5.39. The van der Waals surface area contributed by atoms with Crippen molar-refractivity contribution in [2.45, 2.75) is 20.3 Å². The highest BCUT2D eigenvalue weighted by atomic mass is 16.5. The first-order chi connectivity index (χ1) is 8.18. The normalized spacial score (nSPS) is 11.0. The third-order valence-electron chi connectivity index (χ3n) is 2.34. The maximum Gasteiger partial charge on any atom is 0.0700 e. The first-order valence-electron chi connectivity index (χ1n) is 6.18. The molecule has 2 N–H and O–H groups in total. The molecular weight excluding hydrogens is 214 g/mol. The van der Waals surface area contributed by atoms with Gasteiger partial charge in [-0.25, -0.2) is 0 Å². The molecule has 0 aliphatic heterocycles. The number of nitrogens with two attached hydrogens (primary N) is 1. The second-order valence-corrected chi connectivity index (χ2v) is 4.57. The van der Waals surface area contributed by atoms with Crippen molar-refractivity contribution in [2.75, 3.05) is 32.2 Å². The van der Waals surface area contributed by atoms with E-state index in [4.69, 9.17) is 15.2 Å². The fourth-order valence-electron chi connectivity index (χ4n) is 1.41. The molecule has 0 fully saturated rings. The Hall–Kier alpha value is -1.06. The van der Waals surface area contributed by atoms with Crippen LogP contribution >= 0.6 is 0 Å². The van der Waals surface area contributed by atoms with Crippen molar-refractivity contribution in [3.63, 3.8) is 0 Å². The van der Waals surface area contributed by atoms with Crippen LogP contribution in [0, 0.1) is 5.92 Å². The lowest BCUT2D eigenvalue weighted by Gasteiger charge is -2.07. The van der Waals surface area contributed by atoms with E-state index in [1.807, 2.05) is 24.3 Å². The Morgan fingerprint density at radius 1 is 1.00 bits per heavy atom. The number of benzene rings is 1. The minimum absolute atomic E-state index is 0.588. The van der Waals surface area contributed by atoms with Gasteiger partial charge in [0, 0.05) is 12.3 Å². The first kappa shape index (κ1) is 14.0. The van der Waals surface area contributed by atoms with E-state index >= 15 is 0 Å². The van der Waals surface area contributed by atoms with Gasteiger partial charge in [-0.3, -0.25) is 0 Å². The Morgan fingerprint density at radius 2 is 1.65 bits per heavy atom. The van der Waals surface area contributed by atoms with Gasteiger partial charge in [0.05, 0.1) is 19.8 Å². The van der Waals surface area contributed by atoms with Crippen LogP contribution in [0.25, 0.3) is 0 Å². The number of hydrogen-bond acceptors (Lipinski definition) is 3. The number of rotatable bonds is 8. The van der Waals surface area contributed by atoms with E-state index in [1.54, 1.807) is 0 Å². The predicted octanol–water partition coefficient (Wildman–Crippen LogP) is 2.50. The molecule has 3 nitrogen and oxygen atoms in total. The monoisotopic (exact) mass is 237 g/mol. The molecule has 0 aliphatic carbocycles. The zero-order valence-electron chi connectivity index (χ0n) is 10.8. The number of hydrogen-bond donors (Lipinski definition) is 1. The molecule has 1 aromatic rings. The zero-order valence-corrected chi connectivity index (χ0v) is 10.8. The van der Waals surface area contributed by atoms with E-state index in [1.165, 1.54) is 5.56 Å². The molecule has 0 heterocycles. The average Bonchev–Trinajstić information content (AvgIpc) is 2.30. The maximum atomic E-state index is 5.61. The second-order valence-electron chi connectivity index (χ2n) is 4.57. The Bertz CT molecular complexity index is 296. The van der Waals surface area contributed by atoms with Crippen LogP contribution in [0.4, 0.5) is 5.69 Å². The summed E-state index contributed by atoms with van der Waals surface area (Å²) in [6.45, 7) is 7.17. The van der Waals surface area contributed by atoms with Gasteiger partial charge in [0.15, 0.2) is 0 Å². The van der Waals surface area contributed by atoms with Crippen LogP contribution in [0.1, 0.15) is 19.4 Å². The quantitative estimate of drug-likeness (QED) is 0.558. The highest BCUT2D eigenvalue weighted by Gasteiger charge is 1.95. The Labute approximate surface area is 104 Å². The van der Waals surface area contributed by atoms with Crippen LogP contribution in [0.5, 0.6) is 0 Å². The van der Waals surface area contributed by atoms with E-state index in [9.17, 15) is 0 Å². The Balaban J connectivity index is 1.99. The molecule has 0 atom stereocenters. The van der Waals surface area contributed by atoms with Gasteiger partial charge in [-0.1, -0.05) is 26.0 Å². The fraction of sp³-hybridized carbons (Fsp3) is 0.571. The fourth-order valence-corrected chi connectivity index (χ4v) is 1.41. The van der Waals surface area contributed by atoms with Gasteiger partial charge in [-0.2, -0.15) is 0 Å². The minimum Gasteiger partial charge on any atom is -0.399 e. The van der Waals surface area contributed by atoms with Crippen LogP contribution < -0.4 is 5.73 Å². The molecule has 3 heteroatoms. The molecule has 96 valence electrons. The van der Waals surface area contributed by atoms with Crippen molar-refractivity contribution in [1.29, 1.82) is 0 Å². The first-order valence-corrected chi connectivity index (χ1v) is 6.18. The van der Waals surface area contributed by atoms with Crippen molar-refractivity contribution >= 4 is 5.69 Å². The van der Waals surface area contributed by atoms with Crippen LogP contribution in [0.2, 0.25) is 0 Å². The summed E-state index contributed by atoms with van der Waals surface area (Å²) in [7, 11) is 0. The van der Waals surface area contributed by atoms with Crippen LogP contribution in [-0.2, 0) is 15.9 Å². The molecule has 0 unspecified atom stereocenters. The summed E-state index contributed by atoms with van der Waals surface area (Å²) in [5, 5.41) is 0. The lowest BCUT2D eigenvalue weighted by Crippen LogP contribution is -2.09. The van der Waals surface area contributed by atoms with Crippen molar-refractivity contribution in [3.05, 3.63) is 29.8 Å². The summed E-state index contributed by atoms with van der Waals surface area (Å²) < 4.78 is 10.9. The number of nitrogen functional groups attached to an aromatic ring is 1. The van der Waals surface area contributed by atoms with E-state index in [-0.39, 0.29) is 0 Å². The topological polar surface area (TPSA) is 44.5 Å². The lowest BCUT2D eigenvalue weighted by atomic mass is 10.1. The number of anilines is 1. The van der Waals surface area contributed by atoms with Crippen molar-refractivity contribution in [2.24, 2.45) is 5.92 Å². The third-order valence-corrected chi connectivity index (χ3v) is 2.34. The second kappa shape index (κ2) is 8.09. The Morgan fingerprint density at radius 3 is 2.29 bits per heavy atom. The van der Waals surface area contributed by atoms with Crippen molar-refractivity contribution in [1.82, 2.24) is 0 Å². The molecule has 0 aromatic heterocycles. The largest absolute Gasteiger partial charge is 0.399 e. The van der Waals surface area contributed by atoms with Crippen LogP contribution in [0.15, 0.2) is 24.3 Å². The van der Waals surface area contributed by atoms with Gasteiger partial charge in [0.25, 0.3) is 0 Å². The molecule has 0 aliphatic rings. The minimum atomic E-state index is 0.588. The van der Waals surface area contributed by atoms with Crippen LogP contribution in [0.3, 0.4) is 0 Å². The van der Waals surface area contributed by atoms with E-state index in [0.29, 0.717) is 19.1 Å². The summed E-state index contributed by atoms with van der Waals surface area (Å²) in [4.78, 5) is 0. The molecule has 0 saturated carbocycles. The molecule has 1 rings (SSSR count). The lowest BCUT2D eigenvalue weighted by molar-refractivity contribution is 0.0388. The standard InChI is InChI=1S/C14H23NO2/c1-12(2)11-17-10-9-16-8-7-13-3-5-14(15)6-4-13/h3-6,12H,7-11,15H2,1-2H3. The third kappa shape index (κ3) is 6.97. The Kier molecular flexibility index (Phi) is 6.67. The summed E-state index contributed by atoms with van der Waals surface area (Å²) in [6, 6.07) is 7.91. The summed E-state index contributed by atoms with van der Waals surface area (Å²) >= 11 is 0. The van der Waals surface area contributed by atoms with E-state index in [2.05, 4.69) is 13.8 Å². The molecule has 0 spiro atoms. The number of ether oxygens (including phenoxy) is 2. The maximum absolute atomic E-state index is 5.61. The molecular formula is C14H23NO2. The van der Waals surface area contributed by atoms with Gasteiger partial charge in [-0.05, 0) is 30.0 Å². The average molecular weight is 237 g/mol. The van der Waals surface area contributed by atoms with Gasteiger partial charge in [-0.15, -0.1) is 0 Å². The molecule has 0 saturated heterocycles. The smallest absolute Gasteiger partial charge is 0.0700 e. The van der Waals surface area contributed by atoms with Crippen molar-refractivity contribution in [3.8, 4) is 0 Å². The molecule has 17 heavy (non-hydrogen) atoms. The predicted molar refractivity (Wildman–Crippen MR) is 71.0 cm³/mol. The highest BCUT2D eigenvalue weighted by Crippen LogP contribution is 2.05. The van der Waals surface area contributed by atoms with Crippen LogP contribution in [-0.4, -0.2) is 26.4 Å². The van der Waals surface area contributed by atoms with Gasteiger partial charge < -0.3 is 15.2 Å². The zero-order chi connectivity index (χ0) is 12.5. The van der Waals surface area contributed by atoms with Gasteiger partial charge >= 0.3 is 0 Å². The van der Waals surface area contributed by atoms with E-state index < -0.39 is 0 Å². The van der Waals surface area contributed by atoms with Gasteiger partial charge in [0.2, 0.25) is 0 Å². The summed E-state index contributed by atoms with van der Waals surface area (Å²) in [6.07, 6.45) is 0.921. The molecule has 0 bridgehead atoms. The van der Waals surface area contributed by atoms with Gasteiger partial charge in [0.1, 0.15) is 0 Å². The molecule has 1 aromatic carbocycles. The summed E-state index contributed by atoms with van der Waals surface area (Å²) in [5.41, 5.74) is 7.67.